The molecule has 7 heteroatoms. The van der Waals surface area contributed by atoms with E-state index in [1.807, 2.05) is 0 Å². The number of carbonyl (C=O) groups excluding carboxylic acids is 2. The number of esters is 1. The van der Waals surface area contributed by atoms with Gasteiger partial charge in [0.15, 0.2) is 6.61 Å². The molecule has 6 nitrogen and oxygen atoms in total. The van der Waals surface area contributed by atoms with Crippen LogP contribution >= 0.6 is 11.3 Å². The number of rotatable bonds is 5. The fourth-order valence-electron chi connectivity index (χ4n) is 2.95. The number of hydrogen-bond acceptors (Lipinski definition) is 6. The molecule has 0 atom stereocenters. The highest BCUT2D eigenvalue weighted by atomic mass is 32.1. The van der Waals surface area contributed by atoms with Crippen molar-refractivity contribution in [3.05, 3.63) is 34.2 Å². The van der Waals surface area contributed by atoms with Gasteiger partial charge in [0.2, 0.25) is 0 Å². The number of hydrogen-bond donors (Lipinski definition) is 1. The minimum Gasteiger partial charge on any atom is -0.465 e. The second-order valence-electron chi connectivity index (χ2n) is 5.98. The maximum absolute atomic E-state index is 11.9. The molecular weight excluding hydrogens is 342 g/mol. The molecule has 1 aliphatic carbocycles. The number of amides is 1. The summed E-state index contributed by atoms with van der Waals surface area (Å²) in [4.78, 5) is 24.1. The summed E-state index contributed by atoms with van der Waals surface area (Å²) in [5.74, 6) is 0.676. The van der Waals surface area contributed by atoms with Crippen LogP contribution in [0.2, 0.25) is 0 Å². The molecule has 0 aromatic carbocycles. The molecule has 1 fully saturated rings. The Morgan fingerprint density at radius 1 is 1.24 bits per heavy atom. The lowest BCUT2D eigenvalue weighted by atomic mass is 9.96. The van der Waals surface area contributed by atoms with Gasteiger partial charge in [-0.25, -0.2) is 9.59 Å². The van der Waals surface area contributed by atoms with E-state index >= 15 is 0 Å². The number of methoxy groups -OCH3 is 1. The van der Waals surface area contributed by atoms with E-state index in [2.05, 4.69) is 5.32 Å². The highest BCUT2D eigenvalue weighted by molar-refractivity contribution is 7.12. The lowest BCUT2D eigenvalue weighted by Crippen LogP contribution is -2.36. The molecule has 3 rings (SSSR count). The Balaban J connectivity index is 1.56. The molecule has 2 heterocycles. The average molecular weight is 363 g/mol. The number of thiophene rings is 1. The molecule has 0 bridgehead atoms. The number of ether oxygens (including phenoxy) is 2. The second kappa shape index (κ2) is 8.20. The first kappa shape index (κ1) is 17.5. The maximum Gasteiger partial charge on any atom is 0.407 e. The van der Waals surface area contributed by atoms with E-state index in [0.717, 1.165) is 25.7 Å². The standard InChI is InChI=1S/C18H21NO5S/c1-22-17(20)16-14(9-10-25-16)15-8-7-13(24-15)11-23-18(21)19-12-5-3-2-4-6-12/h7-10,12H,2-6,11H2,1H3,(H,19,21). The summed E-state index contributed by atoms with van der Waals surface area (Å²) in [7, 11) is 1.35. The zero-order valence-corrected chi connectivity index (χ0v) is 14.9. The van der Waals surface area contributed by atoms with Gasteiger partial charge < -0.3 is 19.2 Å². The molecule has 2 aromatic rings. The summed E-state index contributed by atoms with van der Waals surface area (Å²) in [6.45, 7) is 0.0518. The second-order valence-corrected chi connectivity index (χ2v) is 6.89. The van der Waals surface area contributed by atoms with Gasteiger partial charge in [-0.15, -0.1) is 11.3 Å². The zero-order valence-electron chi connectivity index (χ0n) is 14.1. The van der Waals surface area contributed by atoms with Crippen molar-refractivity contribution in [3.63, 3.8) is 0 Å². The number of nitrogens with one attached hydrogen (secondary N) is 1. The van der Waals surface area contributed by atoms with E-state index in [-0.39, 0.29) is 12.6 Å². The van der Waals surface area contributed by atoms with Gasteiger partial charge in [0.05, 0.1) is 7.11 Å². The molecule has 1 aliphatic rings. The summed E-state index contributed by atoms with van der Waals surface area (Å²) < 4.78 is 15.7. The maximum atomic E-state index is 11.9. The van der Waals surface area contributed by atoms with Gasteiger partial charge in [-0.3, -0.25) is 0 Å². The Labute approximate surface area is 150 Å². The SMILES string of the molecule is COC(=O)c1sccc1-c1ccc(COC(=O)NC2CCCCC2)o1. The normalized spacial score (nSPS) is 14.9. The van der Waals surface area contributed by atoms with Crippen LogP contribution in [0.25, 0.3) is 11.3 Å². The molecule has 134 valence electrons. The van der Waals surface area contributed by atoms with Gasteiger partial charge in [-0.1, -0.05) is 19.3 Å². The molecule has 0 aliphatic heterocycles. The first-order valence-corrected chi connectivity index (χ1v) is 9.23. The zero-order chi connectivity index (χ0) is 17.6. The summed E-state index contributed by atoms with van der Waals surface area (Å²) in [5, 5.41) is 4.70. The van der Waals surface area contributed by atoms with Crippen molar-refractivity contribution in [3.8, 4) is 11.3 Å². The van der Waals surface area contributed by atoms with Crippen molar-refractivity contribution in [2.45, 2.75) is 44.8 Å². The Morgan fingerprint density at radius 2 is 2.04 bits per heavy atom. The van der Waals surface area contributed by atoms with E-state index in [1.165, 1.54) is 24.9 Å². The van der Waals surface area contributed by atoms with Gasteiger partial charge in [0.1, 0.15) is 16.4 Å². The number of alkyl carbamates (subject to hydrolysis) is 1. The first-order chi connectivity index (χ1) is 12.2. The lowest BCUT2D eigenvalue weighted by molar-refractivity contribution is 0.0607. The molecule has 25 heavy (non-hydrogen) atoms. The average Bonchev–Trinajstić information content (AvgIpc) is 3.29. The van der Waals surface area contributed by atoms with Crippen molar-refractivity contribution >= 4 is 23.4 Å². The molecule has 0 spiro atoms. The molecule has 0 saturated heterocycles. The topological polar surface area (TPSA) is 77.8 Å². The minimum atomic E-state index is -0.421. The van der Waals surface area contributed by atoms with Gasteiger partial charge in [0.25, 0.3) is 0 Å². The molecule has 2 aromatic heterocycles. The predicted molar refractivity (Wildman–Crippen MR) is 93.6 cm³/mol. The largest absolute Gasteiger partial charge is 0.465 e. The van der Waals surface area contributed by atoms with E-state index < -0.39 is 12.1 Å². The quantitative estimate of drug-likeness (QED) is 0.799. The van der Waals surface area contributed by atoms with Crippen LogP contribution in [-0.2, 0) is 16.1 Å². The van der Waals surface area contributed by atoms with Crippen LogP contribution in [0.1, 0.15) is 47.5 Å². The van der Waals surface area contributed by atoms with Gasteiger partial charge >= 0.3 is 12.1 Å². The fraction of sp³-hybridized carbons (Fsp3) is 0.444. The third-order valence-electron chi connectivity index (χ3n) is 4.24. The summed E-state index contributed by atoms with van der Waals surface area (Å²) >= 11 is 1.29. The molecule has 0 unspecified atom stereocenters. The minimum absolute atomic E-state index is 0.0518. The van der Waals surface area contributed by atoms with Crippen LogP contribution in [0, 0.1) is 0 Å². The monoisotopic (exact) mass is 363 g/mol. The Morgan fingerprint density at radius 3 is 2.80 bits per heavy atom. The van der Waals surface area contributed by atoms with Crippen molar-refractivity contribution in [1.29, 1.82) is 0 Å². The Kier molecular flexibility index (Phi) is 5.75. The number of carbonyl (C=O) groups is 2. The molecule has 1 amide bonds. The van der Waals surface area contributed by atoms with Gasteiger partial charge in [-0.2, -0.15) is 0 Å². The highest BCUT2D eigenvalue weighted by Crippen LogP contribution is 2.30. The smallest absolute Gasteiger partial charge is 0.407 e. The molecule has 1 saturated carbocycles. The third kappa shape index (κ3) is 4.42. The van der Waals surface area contributed by atoms with Crippen LogP contribution in [0.4, 0.5) is 4.79 Å². The van der Waals surface area contributed by atoms with E-state index in [4.69, 9.17) is 13.9 Å². The van der Waals surface area contributed by atoms with Gasteiger partial charge in [0, 0.05) is 11.6 Å². The van der Waals surface area contributed by atoms with Crippen molar-refractivity contribution in [2.24, 2.45) is 0 Å². The molecular formula is C18H21NO5S. The van der Waals surface area contributed by atoms with Crippen LogP contribution in [0.15, 0.2) is 28.0 Å². The van der Waals surface area contributed by atoms with Crippen LogP contribution in [0.5, 0.6) is 0 Å². The fourth-order valence-corrected chi connectivity index (χ4v) is 3.76. The van der Waals surface area contributed by atoms with Crippen LogP contribution in [0.3, 0.4) is 0 Å². The van der Waals surface area contributed by atoms with Crippen molar-refractivity contribution in [2.75, 3.05) is 7.11 Å². The predicted octanol–water partition coefficient (Wildman–Crippen LogP) is 4.35. The van der Waals surface area contributed by atoms with E-state index in [0.29, 0.717) is 22.0 Å². The Bertz CT molecular complexity index is 729. The van der Waals surface area contributed by atoms with Crippen molar-refractivity contribution in [1.82, 2.24) is 5.32 Å². The van der Waals surface area contributed by atoms with Crippen molar-refractivity contribution < 1.29 is 23.5 Å². The van der Waals surface area contributed by atoms with E-state index in [9.17, 15) is 9.59 Å². The van der Waals surface area contributed by atoms with Gasteiger partial charge in [-0.05, 0) is 36.4 Å². The number of furan rings is 1. The van der Waals surface area contributed by atoms with Crippen LogP contribution in [-0.4, -0.2) is 25.2 Å². The highest BCUT2D eigenvalue weighted by Gasteiger charge is 2.19. The van der Waals surface area contributed by atoms with Crippen LogP contribution < -0.4 is 5.32 Å². The molecule has 0 radical (unpaired) electrons. The molecule has 1 N–H and O–H groups in total. The van der Waals surface area contributed by atoms with E-state index in [1.54, 1.807) is 23.6 Å². The lowest BCUT2D eigenvalue weighted by Gasteiger charge is -2.22. The summed E-state index contributed by atoms with van der Waals surface area (Å²) in [5.41, 5.74) is 0.676. The Hall–Kier alpha value is -2.28. The summed E-state index contributed by atoms with van der Waals surface area (Å²) in [6, 6.07) is 5.51. The summed E-state index contributed by atoms with van der Waals surface area (Å²) in [6.07, 6.45) is 5.13. The third-order valence-corrected chi connectivity index (χ3v) is 5.13. The first-order valence-electron chi connectivity index (χ1n) is 8.35.